The summed E-state index contributed by atoms with van der Waals surface area (Å²) >= 11 is 0. The van der Waals surface area contributed by atoms with Crippen molar-refractivity contribution in [1.29, 1.82) is 0 Å². The SMILES string of the molecule is COc1ccc(C(=O)c2c(-c3c(F)ccc(F)c3C)c(C(=O)O)cn2C)cc1. The maximum atomic E-state index is 14.6. The van der Waals surface area contributed by atoms with Gasteiger partial charge >= 0.3 is 5.97 Å². The Hall–Kier alpha value is -3.48. The van der Waals surface area contributed by atoms with Crippen LogP contribution < -0.4 is 4.74 Å². The molecule has 1 aromatic heterocycles. The standard InChI is InChI=1S/C21H17F2NO4/c1-11-15(22)8-9-16(23)17(11)18-14(21(26)27)10-24(2)19(18)20(25)12-4-6-13(28-3)7-5-12/h4-10H,1-3H3,(H,26,27). The third-order valence-electron chi connectivity index (χ3n) is 4.58. The van der Waals surface area contributed by atoms with Crippen LogP contribution in [-0.4, -0.2) is 28.5 Å². The van der Waals surface area contributed by atoms with Crippen LogP contribution in [0.25, 0.3) is 11.1 Å². The molecule has 5 nitrogen and oxygen atoms in total. The normalized spacial score (nSPS) is 10.8. The number of aromatic nitrogens is 1. The first-order valence-corrected chi connectivity index (χ1v) is 8.32. The van der Waals surface area contributed by atoms with Crippen molar-refractivity contribution in [3.63, 3.8) is 0 Å². The van der Waals surface area contributed by atoms with E-state index >= 15 is 0 Å². The Morgan fingerprint density at radius 2 is 1.61 bits per heavy atom. The predicted octanol–water partition coefficient (Wildman–Crippen LogP) is 4.22. The number of ether oxygens (including phenoxy) is 1. The molecule has 0 fully saturated rings. The lowest BCUT2D eigenvalue weighted by Crippen LogP contribution is -2.10. The number of nitrogens with zero attached hydrogens (tertiary/aromatic N) is 1. The molecule has 3 aromatic rings. The van der Waals surface area contributed by atoms with E-state index in [1.54, 1.807) is 12.1 Å². The summed E-state index contributed by atoms with van der Waals surface area (Å²) in [5.41, 5.74) is -0.533. The summed E-state index contributed by atoms with van der Waals surface area (Å²) in [7, 11) is 2.97. The van der Waals surface area contributed by atoms with Gasteiger partial charge in [-0.1, -0.05) is 0 Å². The summed E-state index contributed by atoms with van der Waals surface area (Å²) in [5, 5.41) is 9.58. The molecule has 0 spiro atoms. The summed E-state index contributed by atoms with van der Waals surface area (Å²) in [6.07, 6.45) is 1.22. The summed E-state index contributed by atoms with van der Waals surface area (Å²) in [5.74, 6) is -2.82. The zero-order valence-corrected chi connectivity index (χ0v) is 15.4. The first-order valence-electron chi connectivity index (χ1n) is 8.32. The zero-order valence-electron chi connectivity index (χ0n) is 15.4. The van der Waals surface area contributed by atoms with Crippen molar-refractivity contribution in [3.05, 3.63) is 76.6 Å². The fraction of sp³-hybridized carbons (Fsp3) is 0.143. The van der Waals surface area contributed by atoms with Gasteiger partial charge in [-0.05, 0) is 48.9 Å². The molecule has 0 bridgehead atoms. The lowest BCUT2D eigenvalue weighted by molar-refractivity contribution is 0.0697. The Balaban J connectivity index is 2.30. The number of carbonyl (C=O) groups excluding carboxylic acids is 1. The minimum absolute atomic E-state index is 0.0461. The third kappa shape index (κ3) is 3.15. The van der Waals surface area contributed by atoms with E-state index in [0.29, 0.717) is 5.75 Å². The molecule has 0 saturated heterocycles. The average molecular weight is 385 g/mol. The minimum atomic E-state index is -1.34. The van der Waals surface area contributed by atoms with E-state index < -0.39 is 23.4 Å². The molecule has 2 aromatic carbocycles. The van der Waals surface area contributed by atoms with Crippen LogP contribution in [0.2, 0.25) is 0 Å². The summed E-state index contributed by atoms with van der Waals surface area (Å²) < 4.78 is 35.1. The Bertz CT molecular complexity index is 1080. The quantitative estimate of drug-likeness (QED) is 0.668. The van der Waals surface area contributed by atoms with Crippen molar-refractivity contribution < 1.29 is 28.2 Å². The molecule has 0 aliphatic carbocycles. The van der Waals surface area contributed by atoms with Crippen molar-refractivity contribution in [1.82, 2.24) is 4.57 Å². The van der Waals surface area contributed by atoms with Gasteiger partial charge in [-0.15, -0.1) is 0 Å². The van der Waals surface area contributed by atoms with Gasteiger partial charge in [0.1, 0.15) is 17.4 Å². The van der Waals surface area contributed by atoms with Gasteiger partial charge in [0.25, 0.3) is 0 Å². The topological polar surface area (TPSA) is 68.5 Å². The van der Waals surface area contributed by atoms with Crippen LogP contribution in [0.3, 0.4) is 0 Å². The fourth-order valence-corrected chi connectivity index (χ4v) is 3.15. The molecule has 1 heterocycles. The number of aryl methyl sites for hydroxylation is 1. The van der Waals surface area contributed by atoms with E-state index in [-0.39, 0.29) is 33.5 Å². The molecular formula is C21H17F2NO4. The second-order valence-electron chi connectivity index (χ2n) is 6.27. The Morgan fingerprint density at radius 3 is 2.18 bits per heavy atom. The Kier molecular flexibility index (Phi) is 5.00. The summed E-state index contributed by atoms with van der Waals surface area (Å²) in [6.45, 7) is 1.34. The molecule has 0 atom stereocenters. The number of ketones is 1. The number of hydrogen-bond donors (Lipinski definition) is 1. The molecular weight excluding hydrogens is 368 g/mol. The van der Waals surface area contributed by atoms with Crippen LogP contribution in [0, 0.1) is 18.6 Å². The zero-order chi connectivity index (χ0) is 20.6. The second-order valence-corrected chi connectivity index (χ2v) is 6.27. The van der Waals surface area contributed by atoms with Crippen LogP contribution >= 0.6 is 0 Å². The van der Waals surface area contributed by atoms with Crippen LogP contribution in [0.5, 0.6) is 5.75 Å². The van der Waals surface area contributed by atoms with E-state index in [9.17, 15) is 23.5 Å². The first-order chi connectivity index (χ1) is 13.3. The Morgan fingerprint density at radius 1 is 1.00 bits per heavy atom. The molecule has 1 N–H and O–H groups in total. The van der Waals surface area contributed by atoms with Gasteiger partial charge in [0.2, 0.25) is 5.78 Å². The van der Waals surface area contributed by atoms with E-state index in [2.05, 4.69) is 0 Å². The highest BCUT2D eigenvalue weighted by Gasteiger charge is 2.29. The number of rotatable bonds is 5. The number of carbonyl (C=O) groups is 2. The number of benzene rings is 2. The van der Waals surface area contributed by atoms with Crippen LogP contribution in [-0.2, 0) is 7.05 Å². The van der Waals surface area contributed by atoms with Crippen LogP contribution in [0.1, 0.15) is 32.0 Å². The smallest absolute Gasteiger partial charge is 0.337 e. The highest BCUT2D eigenvalue weighted by Crippen LogP contribution is 2.36. The number of methoxy groups -OCH3 is 1. The van der Waals surface area contributed by atoms with Crippen LogP contribution in [0.15, 0.2) is 42.6 Å². The van der Waals surface area contributed by atoms with Crippen molar-refractivity contribution in [3.8, 4) is 16.9 Å². The first kappa shape index (κ1) is 19.3. The largest absolute Gasteiger partial charge is 0.497 e. The highest BCUT2D eigenvalue weighted by molar-refractivity contribution is 6.15. The lowest BCUT2D eigenvalue weighted by atomic mass is 9.93. The fourth-order valence-electron chi connectivity index (χ4n) is 3.15. The number of carboxylic acids is 1. The molecule has 0 saturated carbocycles. The molecule has 0 aliphatic rings. The molecule has 3 rings (SSSR count). The summed E-state index contributed by atoms with van der Waals surface area (Å²) in [4.78, 5) is 24.9. The molecule has 0 amide bonds. The molecule has 0 aliphatic heterocycles. The second kappa shape index (κ2) is 7.26. The van der Waals surface area contributed by atoms with E-state index in [1.807, 2.05) is 0 Å². The van der Waals surface area contributed by atoms with Gasteiger partial charge in [0.15, 0.2) is 0 Å². The summed E-state index contributed by atoms with van der Waals surface area (Å²) in [6, 6.07) is 8.09. The van der Waals surface area contributed by atoms with E-state index in [4.69, 9.17) is 4.74 Å². The third-order valence-corrected chi connectivity index (χ3v) is 4.58. The van der Waals surface area contributed by atoms with Gasteiger partial charge in [0, 0.05) is 29.9 Å². The number of halogens is 2. The molecule has 0 unspecified atom stereocenters. The van der Waals surface area contributed by atoms with E-state index in [0.717, 1.165) is 12.1 Å². The molecule has 28 heavy (non-hydrogen) atoms. The van der Waals surface area contributed by atoms with Gasteiger partial charge in [-0.3, -0.25) is 4.79 Å². The Labute approximate surface area is 159 Å². The molecule has 144 valence electrons. The molecule has 7 heteroatoms. The van der Waals surface area contributed by atoms with Gasteiger partial charge in [-0.2, -0.15) is 0 Å². The maximum Gasteiger partial charge on any atom is 0.337 e. The van der Waals surface area contributed by atoms with Crippen molar-refractivity contribution in [2.45, 2.75) is 6.92 Å². The van der Waals surface area contributed by atoms with Gasteiger partial charge in [-0.25, -0.2) is 13.6 Å². The maximum absolute atomic E-state index is 14.6. The number of hydrogen-bond acceptors (Lipinski definition) is 3. The van der Waals surface area contributed by atoms with Crippen molar-refractivity contribution in [2.24, 2.45) is 7.05 Å². The highest BCUT2D eigenvalue weighted by atomic mass is 19.1. The minimum Gasteiger partial charge on any atom is -0.497 e. The lowest BCUT2D eigenvalue weighted by Gasteiger charge is -2.12. The van der Waals surface area contributed by atoms with Crippen molar-refractivity contribution >= 4 is 11.8 Å². The number of carboxylic acid groups (broad SMARTS) is 1. The van der Waals surface area contributed by atoms with Crippen molar-refractivity contribution in [2.75, 3.05) is 7.11 Å². The van der Waals surface area contributed by atoms with E-state index in [1.165, 1.54) is 44.0 Å². The predicted molar refractivity (Wildman–Crippen MR) is 98.9 cm³/mol. The molecule has 0 radical (unpaired) electrons. The average Bonchev–Trinajstić information content (AvgIpc) is 3.02. The van der Waals surface area contributed by atoms with Crippen LogP contribution in [0.4, 0.5) is 8.78 Å². The number of aromatic carboxylic acids is 1. The van der Waals surface area contributed by atoms with Gasteiger partial charge < -0.3 is 14.4 Å². The monoisotopic (exact) mass is 385 g/mol. The van der Waals surface area contributed by atoms with Gasteiger partial charge in [0.05, 0.1) is 18.4 Å².